The lowest BCUT2D eigenvalue weighted by Gasteiger charge is -2.13. The molecule has 0 heterocycles. The van der Waals surface area contributed by atoms with Gasteiger partial charge in [0.1, 0.15) is 5.75 Å². The van der Waals surface area contributed by atoms with Crippen molar-refractivity contribution >= 4 is 11.5 Å². The van der Waals surface area contributed by atoms with Gasteiger partial charge in [0.2, 0.25) is 0 Å². The molecule has 0 saturated carbocycles. The molecule has 0 spiro atoms. The van der Waals surface area contributed by atoms with Crippen LogP contribution in [-0.2, 0) is 11.2 Å². The minimum absolute atomic E-state index is 0.572. The average Bonchev–Trinajstić information content (AvgIpc) is 2.36. The second kappa shape index (κ2) is 6.84. The van der Waals surface area contributed by atoms with E-state index in [4.69, 9.17) is 9.84 Å². The number of aryl methyl sites for hydroxylation is 1. The van der Waals surface area contributed by atoms with E-state index in [2.05, 4.69) is 6.92 Å². The molecule has 0 aliphatic carbocycles. The van der Waals surface area contributed by atoms with Crippen molar-refractivity contribution in [2.45, 2.75) is 33.6 Å². The van der Waals surface area contributed by atoms with Crippen molar-refractivity contribution in [1.29, 1.82) is 0 Å². The number of carboxylic acids is 1. The minimum Gasteiger partial charge on any atom is -0.493 e. The maximum Gasteiger partial charge on any atom is 0.328 e. The maximum absolute atomic E-state index is 10.8. The van der Waals surface area contributed by atoms with E-state index >= 15 is 0 Å². The average molecular weight is 248 g/mol. The number of rotatable bonds is 6. The normalized spacial score (nSPS) is 11.4. The molecule has 0 radical (unpaired) electrons. The molecule has 18 heavy (non-hydrogen) atoms. The fraction of sp³-hybridized carbons (Fsp3) is 0.400. The molecule has 98 valence electrons. The Hall–Kier alpha value is -1.77. The molecular formula is C15H20O3. The van der Waals surface area contributed by atoms with Crippen LogP contribution in [0.25, 0.3) is 5.57 Å². The molecular weight excluding hydrogens is 228 g/mol. The van der Waals surface area contributed by atoms with Crippen LogP contribution in [-0.4, -0.2) is 17.7 Å². The van der Waals surface area contributed by atoms with E-state index in [1.165, 1.54) is 11.6 Å². The molecule has 1 aromatic rings. The van der Waals surface area contributed by atoms with E-state index in [9.17, 15) is 4.79 Å². The second-order valence-corrected chi connectivity index (χ2v) is 3.98. The zero-order valence-corrected chi connectivity index (χ0v) is 11.2. The Kier molecular flexibility index (Phi) is 5.43. The maximum atomic E-state index is 10.8. The Morgan fingerprint density at radius 2 is 2.06 bits per heavy atom. The summed E-state index contributed by atoms with van der Waals surface area (Å²) in [5.74, 6) is -0.166. The fourth-order valence-corrected chi connectivity index (χ4v) is 1.85. The van der Waals surface area contributed by atoms with Crippen LogP contribution in [0, 0.1) is 0 Å². The smallest absolute Gasteiger partial charge is 0.328 e. The topological polar surface area (TPSA) is 46.5 Å². The van der Waals surface area contributed by atoms with Gasteiger partial charge in [-0.1, -0.05) is 19.9 Å². The molecule has 1 aromatic carbocycles. The minimum atomic E-state index is -0.920. The van der Waals surface area contributed by atoms with Crippen LogP contribution < -0.4 is 4.74 Å². The number of benzene rings is 1. The second-order valence-electron chi connectivity index (χ2n) is 3.98. The van der Waals surface area contributed by atoms with Crippen LogP contribution >= 0.6 is 0 Å². The zero-order valence-electron chi connectivity index (χ0n) is 11.2. The molecule has 1 rings (SSSR count). The lowest BCUT2D eigenvalue weighted by molar-refractivity contribution is -0.131. The summed E-state index contributed by atoms with van der Waals surface area (Å²) in [5, 5.41) is 8.91. The summed E-state index contributed by atoms with van der Waals surface area (Å²) >= 11 is 0. The molecule has 0 unspecified atom stereocenters. The number of carboxylic acid groups (broad SMARTS) is 1. The first kappa shape index (κ1) is 14.3. The molecule has 0 saturated heterocycles. The molecule has 3 nitrogen and oxygen atoms in total. The SMILES string of the molecule is CCOc1ccc(CC)cc1/C(=C/C(=O)O)CC. The Morgan fingerprint density at radius 3 is 2.56 bits per heavy atom. The third kappa shape index (κ3) is 3.62. The highest BCUT2D eigenvalue weighted by atomic mass is 16.5. The van der Waals surface area contributed by atoms with Crippen molar-refractivity contribution in [2.24, 2.45) is 0 Å². The van der Waals surface area contributed by atoms with E-state index in [0.29, 0.717) is 13.0 Å². The highest BCUT2D eigenvalue weighted by Crippen LogP contribution is 2.29. The van der Waals surface area contributed by atoms with E-state index in [-0.39, 0.29) is 0 Å². The van der Waals surface area contributed by atoms with E-state index in [1.54, 1.807) is 0 Å². The summed E-state index contributed by atoms with van der Waals surface area (Å²) in [4.78, 5) is 10.8. The highest BCUT2D eigenvalue weighted by molar-refractivity contribution is 5.91. The van der Waals surface area contributed by atoms with Crippen molar-refractivity contribution in [1.82, 2.24) is 0 Å². The fourth-order valence-electron chi connectivity index (χ4n) is 1.85. The van der Waals surface area contributed by atoms with Gasteiger partial charge in [0, 0.05) is 11.6 Å². The van der Waals surface area contributed by atoms with Gasteiger partial charge in [-0.15, -0.1) is 0 Å². The predicted octanol–water partition coefficient (Wildman–Crippen LogP) is 3.53. The molecule has 0 bridgehead atoms. The van der Waals surface area contributed by atoms with E-state index in [1.807, 2.05) is 32.0 Å². The van der Waals surface area contributed by atoms with Crippen molar-refractivity contribution in [3.8, 4) is 5.75 Å². The predicted molar refractivity (Wildman–Crippen MR) is 72.9 cm³/mol. The summed E-state index contributed by atoms with van der Waals surface area (Å²) in [5.41, 5.74) is 2.86. The molecule has 0 aliphatic heterocycles. The van der Waals surface area contributed by atoms with Gasteiger partial charge in [-0.3, -0.25) is 0 Å². The first-order chi connectivity index (χ1) is 8.62. The third-order valence-electron chi connectivity index (χ3n) is 2.78. The molecule has 0 atom stereocenters. The van der Waals surface area contributed by atoms with Crippen molar-refractivity contribution < 1.29 is 14.6 Å². The summed E-state index contributed by atoms with van der Waals surface area (Å²) in [6.45, 7) is 6.52. The molecule has 0 amide bonds. The van der Waals surface area contributed by atoms with Crippen LogP contribution in [0.5, 0.6) is 5.75 Å². The summed E-state index contributed by atoms with van der Waals surface area (Å²) in [7, 11) is 0. The molecule has 3 heteroatoms. The lowest BCUT2D eigenvalue weighted by Crippen LogP contribution is -1.99. The Balaban J connectivity index is 3.28. The number of aliphatic carboxylic acids is 1. The standard InChI is InChI=1S/C15H20O3/c1-4-11-7-8-14(18-6-3)13(9-11)12(5-2)10-15(16)17/h7-10H,4-6H2,1-3H3,(H,16,17)/b12-10+. The van der Waals surface area contributed by atoms with E-state index in [0.717, 1.165) is 23.3 Å². The van der Waals surface area contributed by atoms with Gasteiger partial charge in [0.05, 0.1) is 6.61 Å². The number of hydrogen-bond donors (Lipinski definition) is 1. The largest absolute Gasteiger partial charge is 0.493 e. The Morgan fingerprint density at radius 1 is 1.33 bits per heavy atom. The van der Waals surface area contributed by atoms with Crippen molar-refractivity contribution in [3.63, 3.8) is 0 Å². The number of ether oxygens (including phenoxy) is 1. The first-order valence-electron chi connectivity index (χ1n) is 6.31. The zero-order chi connectivity index (χ0) is 13.5. The molecule has 1 N–H and O–H groups in total. The van der Waals surface area contributed by atoms with Gasteiger partial charge in [-0.2, -0.15) is 0 Å². The van der Waals surface area contributed by atoms with Crippen LogP contribution in [0.4, 0.5) is 0 Å². The summed E-state index contributed by atoms with van der Waals surface area (Å²) in [6.07, 6.45) is 2.85. The first-order valence-corrected chi connectivity index (χ1v) is 6.31. The molecule has 0 aromatic heterocycles. The van der Waals surface area contributed by atoms with Crippen LogP contribution in [0.2, 0.25) is 0 Å². The van der Waals surface area contributed by atoms with Crippen LogP contribution in [0.1, 0.15) is 38.3 Å². The van der Waals surface area contributed by atoms with Crippen LogP contribution in [0.3, 0.4) is 0 Å². The number of hydrogen-bond acceptors (Lipinski definition) is 2. The number of allylic oxidation sites excluding steroid dienone is 1. The van der Waals surface area contributed by atoms with Gasteiger partial charge in [0.25, 0.3) is 0 Å². The Labute approximate surface area is 108 Å². The Bertz CT molecular complexity index is 447. The molecule has 0 aliphatic rings. The van der Waals surface area contributed by atoms with Gasteiger partial charge < -0.3 is 9.84 Å². The van der Waals surface area contributed by atoms with Gasteiger partial charge in [0.15, 0.2) is 0 Å². The monoisotopic (exact) mass is 248 g/mol. The third-order valence-corrected chi connectivity index (χ3v) is 2.78. The summed E-state index contributed by atoms with van der Waals surface area (Å²) in [6, 6.07) is 5.95. The van der Waals surface area contributed by atoms with Crippen LogP contribution in [0.15, 0.2) is 24.3 Å². The van der Waals surface area contributed by atoms with Gasteiger partial charge >= 0.3 is 5.97 Å². The highest BCUT2D eigenvalue weighted by Gasteiger charge is 2.10. The summed E-state index contributed by atoms with van der Waals surface area (Å²) < 4.78 is 5.57. The quantitative estimate of drug-likeness (QED) is 0.783. The lowest BCUT2D eigenvalue weighted by atomic mass is 9.98. The van der Waals surface area contributed by atoms with Gasteiger partial charge in [-0.25, -0.2) is 4.79 Å². The van der Waals surface area contributed by atoms with Crippen molar-refractivity contribution in [3.05, 3.63) is 35.4 Å². The van der Waals surface area contributed by atoms with Gasteiger partial charge in [-0.05, 0) is 43.0 Å². The number of carbonyl (C=O) groups is 1. The molecule has 0 fully saturated rings. The van der Waals surface area contributed by atoms with Crippen molar-refractivity contribution in [2.75, 3.05) is 6.61 Å². The van der Waals surface area contributed by atoms with E-state index < -0.39 is 5.97 Å².